The molecular formula is C20H21F2NO6. The maximum atomic E-state index is 12.7. The van der Waals surface area contributed by atoms with Crippen LogP contribution in [0, 0.1) is 0 Å². The van der Waals surface area contributed by atoms with Gasteiger partial charge in [-0.3, -0.25) is 4.90 Å². The van der Waals surface area contributed by atoms with Crippen molar-refractivity contribution >= 4 is 12.1 Å². The van der Waals surface area contributed by atoms with Crippen molar-refractivity contribution in [1.29, 1.82) is 0 Å². The Bertz CT molecular complexity index is 831. The molecule has 29 heavy (non-hydrogen) atoms. The summed E-state index contributed by atoms with van der Waals surface area (Å²) in [6.45, 7) is -1.56. The average Bonchev–Trinajstić information content (AvgIpc) is 2.70. The number of ether oxygens (including phenoxy) is 3. The molecule has 1 atom stereocenters. The van der Waals surface area contributed by atoms with Gasteiger partial charge in [-0.05, 0) is 30.2 Å². The van der Waals surface area contributed by atoms with Crippen LogP contribution in [0.4, 0.5) is 13.6 Å². The summed E-state index contributed by atoms with van der Waals surface area (Å²) in [6, 6.07) is 11.2. The second-order valence-corrected chi connectivity index (χ2v) is 5.86. The smallest absolute Gasteiger partial charge is 0.411 e. The first-order chi connectivity index (χ1) is 13.9. The molecule has 9 heteroatoms. The monoisotopic (exact) mass is 409 g/mol. The lowest BCUT2D eigenvalue weighted by atomic mass is 10.0. The summed E-state index contributed by atoms with van der Waals surface area (Å²) < 4.78 is 39.9. The lowest BCUT2D eigenvalue weighted by Crippen LogP contribution is -2.39. The van der Waals surface area contributed by atoms with E-state index < -0.39 is 24.7 Å². The molecule has 7 nitrogen and oxygen atoms in total. The number of alkyl halides is 2. The van der Waals surface area contributed by atoms with Crippen LogP contribution in [0.5, 0.6) is 11.5 Å². The molecule has 0 aliphatic carbocycles. The van der Waals surface area contributed by atoms with Crippen LogP contribution >= 0.6 is 0 Å². The third-order valence-electron chi connectivity index (χ3n) is 4.05. The highest BCUT2D eigenvalue weighted by molar-refractivity contribution is 5.81. The molecule has 0 aromatic heterocycles. The molecule has 1 unspecified atom stereocenters. The van der Waals surface area contributed by atoms with Gasteiger partial charge in [-0.15, -0.1) is 0 Å². The lowest BCUT2D eigenvalue weighted by Gasteiger charge is -2.27. The number of carboxylic acid groups (broad SMARTS) is 1. The Morgan fingerprint density at radius 3 is 2.34 bits per heavy atom. The number of benzene rings is 2. The maximum Gasteiger partial charge on any atom is 0.411 e. The van der Waals surface area contributed by atoms with Gasteiger partial charge in [0, 0.05) is 6.54 Å². The number of nitrogens with zero attached hydrogens (tertiary/aromatic N) is 1. The zero-order chi connectivity index (χ0) is 21.4. The van der Waals surface area contributed by atoms with Crippen molar-refractivity contribution in [1.82, 2.24) is 4.90 Å². The van der Waals surface area contributed by atoms with Crippen LogP contribution in [0.2, 0.25) is 0 Å². The van der Waals surface area contributed by atoms with Gasteiger partial charge in [-0.2, -0.15) is 8.78 Å². The number of carbonyl (C=O) groups is 2. The molecule has 1 N–H and O–H groups in total. The number of aliphatic carboxylic acids is 1. The van der Waals surface area contributed by atoms with E-state index in [0.717, 1.165) is 16.5 Å². The van der Waals surface area contributed by atoms with E-state index in [2.05, 4.69) is 4.74 Å². The minimum atomic E-state index is -3.12. The minimum absolute atomic E-state index is 0.00731. The molecule has 156 valence electrons. The van der Waals surface area contributed by atoms with E-state index in [4.69, 9.17) is 9.47 Å². The lowest BCUT2D eigenvalue weighted by molar-refractivity contribution is -0.143. The SMILES string of the molecule is CCN(C(=O)OCc1ccccc1)C(C(=O)O)c1ccc(OC)c(OC(F)F)c1. The van der Waals surface area contributed by atoms with Gasteiger partial charge < -0.3 is 19.3 Å². The van der Waals surface area contributed by atoms with E-state index >= 15 is 0 Å². The third-order valence-corrected chi connectivity index (χ3v) is 4.05. The normalized spacial score (nSPS) is 11.6. The topological polar surface area (TPSA) is 85.3 Å². The molecule has 2 aromatic rings. The Labute approximate surface area is 166 Å². The first kappa shape index (κ1) is 21.9. The van der Waals surface area contributed by atoms with Crippen molar-refractivity contribution in [2.24, 2.45) is 0 Å². The van der Waals surface area contributed by atoms with Crippen molar-refractivity contribution in [3.63, 3.8) is 0 Å². The second-order valence-electron chi connectivity index (χ2n) is 5.86. The van der Waals surface area contributed by atoms with E-state index in [1.165, 1.54) is 19.2 Å². The van der Waals surface area contributed by atoms with E-state index in [9.17, 15) is 23.5 Å². The van der Waals surface area contributed by atoms with Crippen LogP contribution in [0.3, 0.4) is 0 Å². The number of methoxy groups -OCH3 is 1. The zero-order valence-corrected chi connectivity index (χ0v) is 15.9. The van der Waals surface area contributed by atoms with Crippen LogP contribution < -0.4 is 9.47 Å². The fraction of sp³-hybridized carbons (Fsp3) is 0.300. The van der Waals surface area contributed by atoms with Crippen molar-refractivity contribution in [2.45, 2.75) is 26.2 Å². The number of likely N-dealkylation sites (N-methyl/N-ethyl adjacent to an activating group) is 1. The number of rotatable bonds is 9. The van der Waals surface area contributed by atoms with Crippen molar-refractivity contribution in [3.05, 3.63) is 59.7 Å². The van der Waals surface area contributed by atoms with Crippen LogP contribution in [-0.2, 0) is 16.1 Å². The first-order valence-corrected chi connectivity index (χ1v) is 8.70. The first-order valence-electron chi connectivity index (χ1n) is 8.70. The molecule has 0 bridgehead atoms. The average molecular weight is 409 g/mol. The number of amides is 1. The number of hydrogen-bond donors (Lipinski definition) is 1. The predicted octanol–water partition coefficient (Wildman–Crippen LogP) is 4.08. The Hall–Kier alpha value is -3.36. The Morgan fingerprint density at radius 1 is 1.10 bits per heavy atom. The van der Waals surface area contributed by atoms with Gasteiger partial charge in [0.25, 0.3) is 0 Å². The standard InChI is InChI=1S/C20H21F2NO6/c1-3-23(20(26)28-12-13-7-5-4-6-8-13)17(18(24)25)14-9-10-15(27-2)16(11-14)29-19(21)22/h4-11,17,19H,3,12H2,1-2H3,(H,24,25). The highest BCUT2D eigenvalue weighted by Gasteiger charge is 2.32. The third kappa shape index (κ3) is 5.81. The summed E-state index contributed by atoms with van der Waals surface area (Å²) in [5, 5.41) is 9.69. The van der Waals surface area contributed by atoms with Crippen molar-refractivity contribution in [3.8, 4) is 11.5 Å². The Balaban J connectivity index is 2.27. The van der Waals surface area contributed by atoms with Gasteiger partial charge in [-0.25, -0.2) is 9.59 Å². The quantitative estimate of drug-likeness (QED) is 0.672. The van der Waals surface area contributed by atoms with E-state index in [0.29, 0.717) is 0 Å². The molecule has 0 radical (unpaired) electrons. The minimum Gasteiger partial charge on any atom is -0.493 e. The second kappa shape index (κ2) is 10.3. The zero-order valence-electron chi connectivity index (χ0n) is 15.9. The molecule has 0 heterocycles. The fourth-order valence-corrected chi connectivity index (χ4v) is 2.73. The van der Waals surface area contributed by atoms with Gasteiger partial charge in [0.2, 0.25) is 0 Å². The largest absolute Gasteiger partial charge is 0.493 e. The molecule has 2 rings (SSSR count). The number of carboxylic acids is 1. The van der Waals surface area contributed by atoms with Gasteiger partial charge in [-0.1, -0.05) is 36.4 Å². The van der Waals surface area contributed by atoms with Gasteiger partial charge in [0.05, 0.1) is 7.11 Å². The molecule has 0 aliphatic rings. The van der Waals surface area contributed by atoms with E-state index in [-0.39, 0.29) is 30.2 Å². The van der Waals surface area contributed by atoms with E-state index in [1.807, 2.05) is 6.07 Å². The number of halogens is 2. The molecule has 0 aliphatic heterocycles. The van der Waals surface area contributed by atoms with Crippen molar-refractivity contribution < 1.29 is 37.7 Å². The molecule has 0 saturated carbocycles. The molecular weight excluding hydrogens is 388 g/mol. The summed E-state index contributed by atoms with van der Waals surface area (Å²) in [5.74, 6) is -1.68. The van der Waals surface area contributed by atoms with E-state index in [1.54, 1.807) is 31.2 Å². The highest BCUT2D eigenvalue weighted by atomic mass is 19.3. The van der Waals surface area contributed by atoms with Crippen LogP contribution in [0.1, 0.15) is 24.1 Å². The summed E-state index contributed by atoms with van der Waals surface area (Å²) in [4.78, 5) is 25.4. The number of hydrogen-bond acceptors (Lipinski definition) is 5. The Kier molecular flexibility index (Phi) is 7.76. The number of carbonyl (C=O) groups excluding carboxylic acids is 1. The summed E-state index contributed by atoms with van der Waals surface area (Å²) in [7, 11) is 1.27. The van der Waals surface area contributed by atoms with Gasteiger partial charge in [0.1, 0.15) is 6.61 Å². The molecule has 2 aromatic carbocycles. The van der Waals surface area contributed by atoms with Crippen LogP contribution in [0.25, 0.3) is 0 Å². The maximum absolute atomic E-state index is 12.7. The highest BCUT2D eigenvalue weighted by Crippen LogP contribution is 2.33. The summed E-state index contributed by atoms with van der Waals surface area (Å²) >= 11 is 0. The van der Waals surface area contributed by atoms with Crippen LogP contribution in [0.15, 0.2) is 48.5 Å². The molecule has 0 spiro atoms. The molecule has 0 saturated heterocycles. The fourth-order valence-electron chi connectivity index (χ4n) is 2.73. The Morgan fingerprint density at radius 2 is 1.79 bits per heavy atom. The van der Waals surface area contributed by atoms with Gasteiger partial charge in [0.15, 0.2) is 17.5 Å². The predicted molar refractivity (Wildman–Crippen MR) is 99.0 cm³/mol. The van der Waals surface area contributed by atoms with Crippen molar-refractivity contribution in [2.75, 3.05) is 13.7 Å². The summed E-state index contributed by atoms with van der Waals surface area (Å²) in [6.07, 6.45) is -0.851. The molecule has 1 amide bonds. The van der Waals surface area contributed by atoms with Crippen LogP contribution in [-0.4, -0.2) is 42.3 Å². The summed E-state index contributed by atoms with van der Waals surface area (Å²) in [5.41, 5.74) is 0.799. The molecule has 0 fully saturated rings. The van der Waals surface area contributed by atoms with Gasteiger partial charge >= 0.3 is 18.7 Å².